The molecule has 0 saturated heterocycles. The summed E-state index contributed by atoms with van der Waals surface area (Å²) in [7, 11) is -4.16. The van der Waals surface area contributed by atoms with Crippen molar-refractivity contribution >= 4 is 27.5 Å². The van der Waals surface area contributed by atoms with Crippen molar-refractivity contribution in [3.63, 3.8) is 0 Å². The topological polar surface area (TPSA) is 110 Å². The molecule has 2 aromatic carbocycles. The number of ether oxygens (including phenoxy) is 1. The standard InChI is InChI=1S/C21H22F3NO6S/c1-11(2)31-20(28)18(19(27)21(22,23)24)15-10-14(7-8-16(15)26)25-32(29,30)17-9-12(3)5-6-13(17)4/h5-11,18,25-26H,1-4H3/t18-/m1/s1. The van der Waals surface area contributed by atoms with E-state index in [1.165, 1.54) is 19.9 Å². The van der Waals surface area contributed by atoms with Gasteiger partial charge in [-0.05, 0) is 63.1 Å². The molecule has 0 radical (unpaired) electrons. The van der Waals surface area contributed by atoms with Crippen LogP contribution in [0.25, 0.3) is 0 Å². The van der Waals surface area contributed by atoms with Gasteiger partial charge in [0, 0.05) is 11.3 Å². The highest BCUT2D eigenvalue weighted by Gasteiger charge is 2.48. The summed E-state index contributed by atoms with van der Waals surface area (Å²) in [6.07, 6.45) is -6.24. The summed E-state index contributed by atoms with van der Waals surface area (Å²) in [5.41, 5.74) is 0.0949. The number of hydrogen-bond acceptors (Lipinski definition) is 6. The molecule has 11 heteroatoms. The van der Waals surface area contributed by atoms with E-state index in [9.17, 15) is 36.3 Å². The largest absolute Gasteiger partial charge is 0.508 e. The average Bonchev–Trinajstić information content (AvgIpc) is 2.64. The Hall–Kier alpha value is -3.08. The molecule has 0 aliphatic rings. The molecule has 7 nitrogen and oxygen atoms in total. The molecule has 0 amide bonds. The predicted molar refractivity (Wildman–Crippen MR) is 110 cm³/mol. The van der Waals surface area contributed by atoms with Gasteiger partial charge in [0.2, 0.25) is 0 Å². The number of carbonyl (C=O) groups excluding carboxylic acids is 2. The number of sulfonamides is 1. The molecule has 32 heavy (non-hydrogen) atoms. The second-order valence-corrected chi connectivity index (χ2v) is 9.08. The molecule has 1 atom stereocenters. The van der Waals surface area contributed by atoms with Crippen molar-refractivity contribution in [2.75, 3.05) is 4.72 Å². The van der Waals surface area contributed by atoms with Crippen LogP contribution in [-0.2, 0) is 24.3 Å². The van der Waals surface area contributed by atoms with Crippen LogP contribution in [-0.4, -0.2) is 37.6 Å². The first-order valence-electron chi connectivity index (χ1n) is 9.38. The number of aromatic hydroxyl groups is 1. The summed E-state index contributed by atoms with van der Waals surface area (Å²) in [6.45, 7) is 6.00. The Morgan fingerprint density at radius 2 is 1.69 bits per heavy atom. The fourth-order valence-electron chi connectivity index (χ4n) is 2.90. The van der Waals surface area contributed by atoms with Crippen molar-refractivity contribution in [3.05, 3.63) is 53.1 Å². The van der Waals surface area contributed by atoms with E-state index in [1.807, 2.05) is 0 Å². The number of phenolic OH excluding ortho intramolecular Hbond substituents is 1. The molecule has 174 valence electrons. The van der Waals surface area contributed by atoms with Crippen LogP contribution in [0.2, 0.25) is 0 Å². The van der Waals surface area contributed by atoms with Gasteiger partial charge >= 0.3 is 12.1 Å². The van der Waals surface area contributed by atoms with E-state index in [0.29, 0.717) is 11.1 Å². The summed E-state index contributed by atoms with van der Waals surface area (Å²) in [4.78, 5) is 24.2. The normalized spacial score (nSPS) is 13.0. The first kappa shape index (κ1) is 25.2. The third kappa shape index (κ3) is 5.78. The van der Waals surface area contributed by atoms with Crippen LogP contribution in [0.4, 0.5) is 18.9 Å². The lowest BCUT2D eigenvalue weighted by atomic mass is 9.93. The van der Waals surface area contributed by atoms with Crippen LogP contribution < -0.4 is 4.72 Å². The number of rotatable bonds is 7. The van der Waals surface area contributed by atoms with Crippen LogP contribution in [0, 0.1) is 13.8 Å². The number of ketones is 1. The molecular weight excluding hydrogens is 451 g/mol. The summed E-state index contributed by atoms with van der Waals surface area (Å²) >= 11 is 0. The number of phenols is 1. The van der Waals surface area contributed by atoms with Gasteiger partial charge in [0.05, 0.1) is 11.0 Å². The lowest BCUT2D eigenvalue weighted by Gasteiger charge is -2.20. The van der Waals surface area contributed by atoms with Gasteiger partial charge in [-0.1, -0.05) is 12.1 Å². The molecule has 2 rings (SSSR count). The van der Waals surface area contributed by atoms with Crippen molar-refractivity contribution in [3.8, 4) is 5.75 Å². The Morgan fingerprint density at radius 3 is 2.25 bits per heavy atom. The zero-order chi connectivity index (χ0) is 24.4. The lowest BCUT2D eigenvalue weighted by molar-refractivity contribution is -0.178. The zero-order valence-corrected chi connectivity index (χ0v) is 18.5. The Morgan fingerprint density at radius 1 is 1.06 bits per heavy atom. The molecule has 0 aliphatic heterocycles. The van der Waals surface area contributed by atoms with Crippen molar-refractivity contribution in [2.45, 2.75) is 50.8 Å². The maximum Gasteiger partial charge on any atom is 0.451 e. The number of halogens is 3. The quantitative estimate of drug-likeness (QED) is 0.358. The molecule has 0 spiro atoms. The SMILES string of the molecule is Cc1ccc(C)c(S(=O)(=O)Nc2ccc(O)c([C@@H](C(=O)OC(C)C)C(=O)C(F)(F)F)c2)c1. The Kier molecular flexibility index (Phi) is 7.23. The van der Waals surface area contributed by atoms with Gasteiger partial charge in [-0.25, -0.2) is 8.42 Å². The molecule has 2 aromatic rings. The van der Waals surface area contributed by atoms with E-state index < -0.39 is 51.3 Å². The van der Waals surface area contributed by atoms with Crippen LogP contribution in [0.1, 0.15) is 36.5 Å². The van der Waals surface area contributed by atoms with Crippen molar-refractivity contribution < 1.29 is 41.0 Å². The van der Waals surface area contributed by atoms with Crippen LogP contribution >= 0.6 is 0 Å². The maximum absolute atomic E-state index is 13.1. The van der Waals surface area contributed by atoms with Gasteiger partial charge in [-0.3, -0.25) is 14.3 Å². The number of hydrogen-bond donors (Lipinski definition) is 2. The molecule has 0 unspecified atom stereocenters. The fraction of sp³-hybridized carbons (Fsp3) is 0.333. The van der Waals surface area contributed by atoms with Gasteiger partial charge in [0.25, 0.3) is 15.8 Å². The fourth-order valence-corrected chi connectivity index (χ4v) is 4.28. The molecular formula is C21H22F3NO6S. The second-order valence-electron chi connectivity index (χ2n) is 7.43. The van der Waals surface area contributed by atoms with Gasteiger partial charge in [0.1, 0.15) is 5.75 Å². The Bertz CT molecular complexity index is 1140. The van der Waals surface area contributed by atoms with Gasteiger partial charge in [-0.2, -0.15) is 13.2 Å². The highest BCUT2D eigenvalue weighted by Crippen LogP contribution is 2.36. The first-order valence-corrected chi connectivity index (χ1v) is 10.9. The zero-order valence-electron chi connectivity index (χ0n) is 17.6. The van der Waals surface area contributed by atoms with Crippen LogP contribution in [0.15, 0.2) is 41.3 Å². The smallest absolute Gasteiger partial charge is 0.451 e. The number of nitrogens with one attached hydrogen (secondary N) is 1. The number of carbonyl (C=O) groups is 2. The number of aryl methyl sites for hydroxylation is 2. The van der Waals surface area contributed by atoms with E-state index in [0.717, 1.165) is 18.2 Å². The van der Waals surface area contributed by atoms with E-state index in [4.69, 9.17) is 4.74 Å². The molecule has 0 aromatic heterocycles. The Labute approximate surface area is 183 Å². The van der Waals surface area contributed by atoms with Gasteiger partial charge in [0.15, 0.2) is 5.92 Å². The highest BCUT2D eigenvalue weighted by atomic mass is 32.2. The minimum atomic E-state index is -5.40. The monoisotopic (exact) mass is 473 g/mol. The van der Waals surface area contributed by atoms with Crippen molar-refractivity contribution in [1.82, 2.24) is 0 Å². The summed E-state index contributed by atoms with van der Waals surface area (Å²) in [5.74, 6) is -7.30. The average molecular weight is 473 g/mol. The molecule has 0 heterocycles. The minimum Gasteiger partial charge on any atom is -0.508 e. The predicted octanol–water partition coefficient (Wildman–Crippen LogP) is 3.98. The summed E-state index contributed by atoms with van der Waals surface area (Å²) < 4.78 is 72.0. The van der Waals surface area contributed by atoms with Crippen LogP contribution in [0.3, 0.4) is 0 Å². The number of anilines is 1. The molecule has 0 fully saturated rings. The molecule has 0 aliphatic carbocycles. The molecule has 0 bridgehead atoms. The summed E-state index contributed by atoms with van der Waals surface area (Å²) in [6, 6.07) is 7.48. The van der Waals surface area contributed by atoms with E-state index in [1.54, 1.807) is 26.0 Å². The molecule has 2 N–H and O–H groups in total. The number of benzene rings is 2. The number of Topliss-reactive ketones (excluding diaryl/α,β-unsaturated/α-hetero) is 1. The van der Waals surface area contributed by atoms with Crippen LogP contribution in [0.5, 0.6) is 5.75 Å². The summed E-state index contributed by atoms with van der Waals surface area (Å²) in [5, 5.41) is 10.1. The van der Waals surface area contributed by atoms with Gasteiger partial charge in [-0.15, -0.1) is 0 Å². The van der Waals surface area contributed by atoms with E-state index >= 15 is 0 Å². The Balaban J connectivity index is 2.54. The van der Waals surface area contributed by atoms with Gasteiger partial charge < -0.3 is 9.84 Å². The minimum absolute atomic E-state index is 0.0609. The van der Waals surface area contributed by atoms with Crippen molar-refractivity contribution in [1.29, 1.82) is 0 Å². The number of alkyl halides is 3. The second kappa shape index (κ2) is 9.19. The highest BCUT2D eigenvalue weighted by molar-refractivity contribution is 7.92. The third-order valence-electron chi connectivity index (χ3n) is 4.35. The van der Waals surface area contributed by atoms with E-state index in [2.05, 4.69) is 4.72 Å². The third-order valence-corrected chi connectivity index (χ3v) is 5.88. The molecule has 0 saturated carbocycles. The number of esters is 1. The maximum atomic E-state index is 13.1. The lowest BCUT2D eigenvalue weighted by Crippen LogP contribution is -2.35. The van der Waals surface area contributed by atoms with E-state index in [-0.39, 0.29) is 10.6 Å². The first-order chi connectivity index (χ1) is 14.6. The van der Waals surface area contributed by atoms with Crippen molar-refractivity contribution in [2.24, 2.45) is 0 Å².